The van der Waals surface area contributed by atoms with Crippen LogP contribution in [0.15, 0.2) is 46.0 Å². The Morgan fingerprint density at radius 2 is 1.82 bits per heavy atom. The Kier molecular flexibility index (Phi) is 5.54. The van der Waals surface area contributed by atoms with E-state index < -0.39 is 23.6 Å². The summed E-state index contributed by atoms with van der Waals surface area (Å²) in [5.74, 6) is -1.27. The molecular weight excluding hydrogens is 447 g/mol. The third kappa shape index (κ3) is 4.60. The molecule has 3 rings (SSSR count). The molecule has 2 aromatic rings. The van der Waals surface area contributed by atoms with E-state index >= 15 is 0 Å². The van der Waals surface area contributed by atoms with Crippen LogP contribution in [-0.2, 0) is 15.8 Å². The van der Waals surface area contributed by atoms with Crippen LogP contribution in [0.5, 0.6) is 11.5 Å². The van der Waals surface area contributed by atoms with Gasteiger partial charge in [-0.1, -0.05) is 6.07 Å². The fourth-order valence-electron chi connectivity index (χ4n) is 2.20. The van der Waals surface area contributed by atoms with Crippen molar-refractivity contribution in [2.75, 3.05) is 12.1 Å². The molecule has 2 amide bonds. The molecule has 0 radical (unpaired) electrons. The van der Waals surface area contributed by atoms with E-state index in [1.807, 2.05) is 5.43 Å². The van der Waals surface area contributed by atoms with Crippen LogP contribution in [0.25, 0.3) is 0 Å². The van der Waals surface area contributed by atoms with Gasteiger partial charge in [0.2, 0.25) is 6.79 Å². The van der Waals surface area contributed by atoms with E-state index in [0.717, 1.165) is 18.2 Å². The van der Waals surface area contributed by atoms with E-state index in [4.69, 9.17) is 9.47 Å². The summed E-state index contributed by atoms with van der Waals surface area (Å²) in [6, 6.07) is 7.19. The molecule has 146 valence electrons. The summed E-state index contributed by atoms with van der Waals surface area (Å²) in [4.78, 5) is 23.6. The minimum Gasteiger partial charge on any atom is -0.454 e. The van der Waals surface area contributed by atoms with Crippen LogP contribution in [0, 0.1) is 0 Å². The van der Waals surface area contributed by atoms with Gasteiger partial charge in [0.15, 0.2) is 11.5 Å². The molecular formula is C17H11BrF3N3O4. The van der Waals surface area contributed by atoms with Crippen molar-refractivity contribution < 1.29 is 32.2 Å². The van der Waals surface area contributed by atoms with Crippen molar-refractivity contribution in [2.45, 2.75) is 6.18 Å². The third-order valence-electron chi connectivity index (χ3n) is 3.52. The lowest BCUT2D eigenvalue weighted by atomic mass is 10.2. The van der Waals surface area contributed by atoms with Crippen molar-refractivity contribution in [2.24, 2.45) is 5.10 Å². The number of alkyl halides is 3. The molecule has 0 spiro atoms. The largest absolute Gasteiger partial charge is 0.454 e. The second-order valence-electron chi connectivity index (χ2n) is 5.46. The second kappa shape index (κ2) is 7.89. The zero-order chi connectivity index (χ0) is 20.3. The van der Waals surface area contributed by atoms with Crippen LogP contribution >= 0.6 is 15.9 Å². The SMILES string of the molecule is O=C(N/N=C\c1cc2c(cc1Br)OCO2)C(=O)Nc1cccc(C(F)(F)F)c1. The predicted octanol–water partition coefficient (Wildman–Crippen LogP) is 3.29. The number of halogens is 4. The van der Waals surface area contributed by atoms with E-state index in [1.54, 1.807) is 12.1 Å². The average molecular weight is 458 g/mol. The Labute approximate surface area is 164 Å². The molecule has 1 aliphatic heterocycles. The van der Waals surface area contributed by atoms with Crippen molar-refractivity contribution in [3.05, 3.63) is 52.0 Å². The minimum absolute atomic E-state index is 0.0921. The van der Waals surface area contributed by atoms with Crippen LogP contribution in [-0.4, -0.2) is 24.8 Å². The van der Waals surface area contributed by atoms with E-state index in [-0.39, 0.29) is 12.5 Å². The number of amides is 2. The first kappa shape index (κ1) is 19.7. The Morgan fingerprint density at radius 3 is 2.54 bits per heavy atom. The maximum absolute atomic E-state index is 12.7. The number of nitrogens with zero attached hydrogens (tertiary/aromatic N) is 1. The topological polar surface area (TPSA) is 89.0 Å². The lowest BCUT2D eigenvalue weighted by Gasteiger charge is -2.09. The highest BCUT2D eigenvalue weighted by atomic mass is 79.9. The summed E-state index contributed by atoms with van der Waals surface area (Å²) in [7, 11) is 0. The van der Waals surface area contributed by atoms with Gasteiger partial charge < -0.3 is 14.8 Å². The summed E-state index contributed by atoms with van der Waals surface area (Å²) < 4.78 is 49.1. The van der Waals surface area contributed by atoms with Crippen molar-refractivity contribution in [3.8, 4) is 11.5 Å². The van der Waals surface area contributed by atoms with Crippen LogP contribution in [0.2, 0.25) is 0 Å². The quantitative estimate of drug-likeness (QED) is 0.420. The molecule has 7 nitrogen and oxygen atoms in total. The first-order chi connectivity index (χ1) is 13.2. The standard InChI is InChI=1S/C17H11BrF3N3O4/c18-12-6-14-13(27-8-28-14)4-9(12)7-22-24-16(26)15(25)23-11-3-1-2-10(5-11)17(19,20)21/h1-7H,8H2,(H,23,25)(H,24,26)/b22-7-. The zero-order valence-corrected chi connectivity index (χ0v) is 15.4. The number of fused-ring (bicyclic) bond motifs is 1. The number of hydrazone groups is 1. The van der Waals surface area contributed by atoms with Gasteiger partial charge in [-0.05, 0) is 46.3 Å². The highest BCUT2D eigenvalue weighted by molar-refractivity contribution is 9.10. The summed E-state index contributed by atoms with van der Waals surface area (Å²) in [5, 5.41) is 5.73. The van der Waals surface area contributed by atoms with Gasteiger partial charge in [0.25, 0.3) is 0 Å². The van der Waals surface area contributed by atoms with Gasteiger partial charge in [0.05, 0.1) is 11.8 Å². The molecule has 2 N–H and O–H groups in total. The fraction of sp³-hybridized carbons (Fsp3) is 0.118. The summed E-state index contributed by atoms with van der Waals surface area (Å²) >= 11 is 3.30. The molecule has 0 aromatic heterocycles. The maximum Gasteiger partial charge on any atom is 0.416 e. The number of benzene rings is 2. The summed E-state index contributed by atoms with van der Waals surface area (Å²) in [6.07, 6.45) is -3.30. The Morgan fingerprint density at radius 1 is 1.11 bits per heavy atom. The molecule has 0 saturated heterocycles. The first-order valence-corrected chi connectivity index (χ1v) is 8.44. The molecule has 1 heterocycles. The van der Waals surface area contributed by atoms with E-state index in [9.17, 15) is 22.8 Å². The summed E-state index contributed by atoms with van der Waals surface area (Å²) in [5.41, 5.74) is 1.42. The summed E-state index contributed by atoms with van der Waals surface area (Å²) in [6.45, 7) is 0.0921. The number of rotatable bonds is 3. The minimum atomic E-state index is -4.56. The highest BCUT2D eigenvalue weighted by Crippen LogP contribution is 2.36. The number of hydrogen-bond acceptors (Lipinski definition) is 5. The Balaban J connectivity index is 1.61. The number of anilines is 1. The molecule has 2 aromatic carbocycles. The lowest BCUT2D eigenvalue weighted by Crippen LogP contribution is -2.32. The third-order valence-corrected chi connectivity index (χ3v) is 4.20. The van der Waals surface area contributed by atoms with Crippen molar-refractivity contribution in [1.29, 1.82) is 0 Å². The number of ether oxygens (including phenoxy) is 2. The first-order valence-electron chi connectivity index (χ1n) is 7.65. The fourth-order valence-corrected chi connectivity index (χ4v) is 2.63. The average Bonchev–Trinajstić information content (AvgIpc) is 3.08. The van der Waals surface area contributed by atoms with Crippen LogP contribution < -0.4 is 20.2 Å². The van der Waals surface area contributed by atoms with E-state index in [1.165, 1.54) is 12.3 Å². The number of nitrogens with one attached hydrogen (secondary N) is 2. The van der Waals surface area contributed by atoms with Crippen molar-refractivity contribution in [3.63, 3.8) is 0 Å². The molecule has 0 atom stereocenters. The van der Waals surface area contributed by atoms with Gasteiger partial charge in [-0.25, -0.2) is 5.43 Å². The van der Waals surface area contributed by atoms with Crippen molar-refractivity contribution in [1.82, 2.24) is 5.43 Å². The smallest absolute Gasteiger partial charge is 0.416 e. The molecule has 0 fully saturated rings. The number of carbonyl (C=O) groups is 2. The molecule has 0 bridgehead atoms. The van der Waals surface area contributed by atoms with Gasteiger partial charge in [0, 0.05) is 15.7 Å². The van der Waals surface area contributed by atoms with Crippen LogP contribution in [0.1, 0.15) is 11.1 Å². The molecule has 0 saturated carbocycles. The normalized spacial score (nSPS) is 12.9. The van der Waals surface area contributed by atoms with E-state index in [2.05, 4.69) is 26.3 Å². The van der Waals surface area contributed by atoms with E-state index in [0.29, 0.717) is 21.5 Å². The van der Waals surface area contributed by atoms with Gasteiger partial charge in [-0.15, -0.1) is 0 Å². The Hall–Kier alpha value is -3.08. The highest BCUT2D eigenvalue weighted by Gasteiger charge is 2.30. The monoisotopic (exact) mass is 457 g/mol. The number of carbonyl (C=O) groups excluding carboxylic acids is 2. The van der Waals surface area contributed by atoms with Crippen LogP contribution in [0.4, 0.5) is 18.9 Å². The zero-order valence-electron chi connectivity index (χ0n) is 13.8. The molecule has 0 unspecified atom stereocenters. The van der Waals surface area contributed by atoms with Gasteiger partial charge in [-0.2, -0.15) is 18.3 Å². The van der Waals surface area contributed by atoms with Gasteiger partial charge >= 0.3 is 18.0 Å². The molecule has 0 aliphatic carbocycles. The maximum atomic E-state index is 12.7. The molecule has 1 aliphatic rings. The van der Waals surface area contributed by atoms with Crippen LogP contribution in [0.3, 0.4) is 0 Å². The van der Waals surface area contributed by atoms with Crippen molar-refractivity contribution >= 4 is 39.6 Å². The predicted molar refractivity (Wildman–Crippen MR) is 96.1 cm³/mol. The van der Waals surface area contributed by atoms with Gasteiger partial charge in [0.1, 0.15) is 0 Å². The number of hydrogen-bond donors (Lipinski definition) is 2. The second-order valence-corrected chi connectivity index (χ2v) is 6.31. The lowest BCUT2D eigenvalue weighted by molar-refractivity contribution is -0.137. The Bertz CT molecular complexity index is 963. The van der Waals surface area contributed by atoms with Gasteiger partial charge in [-0.3, -0.25) is 9.59 Å². The molecule has 11 heteroatoms. The molecule has 28 heavy (non-hydrogen) atoms.